The first-order chi connectivity index (χ1) is 7.84. The minimum Gasteiger partial charge on any atom is -0.492 e. The summed E-state index contributed by atoms with van der Waals surface area (Å²) in [6.45, 7) is 5.25. The third kappa shape index (κ3) is 3.67. The molecule has 0 atom stereocenters. The molecule has 0 bridgehead atoms. The molecule has 16 heavy (non-hydrogen) atoms. The highest BCUT2D eigenvalue weighted by Gasteiger charge is 2.09. The van der Waals surface area contributed by atoms with Gasteiger partial charge in [-0.05, 0) is 18.2 Å². The van der Waals surface area contributed by atoms with Crippen molar-refractivity contribution >= 4 is 11.6 Å². The smallest absolute Gasteiger partial charge is 0.120 e. The molecule has 87 valence electrons. The van der Waals surface area contributed by atoms with Crippen LogP contribution in [0.5, 0.6) is 5.75 Å². The second-order valence-electron chi connectivity index (χ2n) is 3.67. The molecule has 0 aromatic heterocycles. The van der Waals surface area contributed by atoms with E-state index in [1.165, 1.54) is 0 Å². The quantitative estimate of drug-likeness (QED) is 0.802. The van der Waals surface area contributed by atoms with Crippen LogP contribution in [0.25, 0.3) is 0 Å². The molecule has 0 aliphatic carbocycles. The maximum Gasteiger partial charge on any atom is 0.120 e. The number of morpholine rings is 1. The molecular weight excluding hydrogens is 226 g/mol. The van der Waals surface area contributed by atoms with Crippen molar-refractivity contribution in [2.75, 3.05) is 39.5 Å². The molecule has 1 aromatic rings. The first kappa shape index (κ1) is 11.7. The zero-order valence-corrected chi connectivity index (χ0v) is 9.87. The SMILES string of the molecule is Clc1[c]ccc(OCCN2CCOCC2)c1. The van der Waals surface area contributed by atoms with Crippen molar-refractivity contribution in [1.29, 1.82) is 0 Å². The monoisotopic (exact) mass is 240 g/mol. The van der Waals surface area contributed by atoms with Crippen LogP contribution in [-0.2, 0) is 4.74 Å². The lowest BCUT2D eigenvalue weighted by Gasteiger charge is -2.26. The highest BCUT2D eigenvalue weighted by molar-refractivity contribution is 6.30. The third-order valence-corrected chi connectivity index (χ3v) is 2.74. The van der Waals surface area contributed by atoms with Gasteiger partial charge in [-0.25, -0.2) is 0 Å². The van der Waals surface area contributed by atoms with Crippen molar-refractivity contribution in [1.82, 2.24) is 4.90 Å². The first-order valence-corrected chi connectivity index (χ1v) is 5.82. The van der Waals surface area contributed by atoms with Gasteiger partial charge in [0.25, 0.3) is 0 Å². The summed E-state index contributed by atoms with van der Waals surface area (Å²) in [4.78, 5) is 2.33. The minimum atomic E-state index is 0.587. The molecule has 1 heterocycles. The van der Waals surface area contributed by atoms with Gasteiger partial charge in [-0.1, -0.05) is 11.6 Å². The summed E-state index contributed by atoms with van der Waals surface area (Å²) < 4.78 is 10.9. The fraction of sp³-hybridized carbons (Fsp3) is 0.500. The van der Waals surface area contributed by atoms with Crippen LogP contribution in [0.1, 0.15) is 0 Å². The van der Waals surface area contributed by atoms with Gasteiger partial charge in [0.2, 0.25) is 0 Å². The van der Waals surface area contributed by atoms with E-state index in [0.29, 0.717) is 11.6 Å². The Labute approximate surface area is 101 Å². The van der Waals surface area contributed by atoms with E-state index in [0.717, 1.165) is 38.6 Å². The van der Waals surface area contributed by atoms with Crippen LogP contribution < -0.4 is 4.74 Å². The number of hydrogen-bond donors (Lipinski definition) is 0. The number of ether oxygens (including phenoxy) is 2. The Morgan fingerprint density at radius 3 is 3.00 bits per heavy atom. The van der Waals surface area contributed by atoms with Crippen molar-refractivity contribution in [2.45, 2.75) is 0 Å². The average molecular weight is 241 g/mol. The van der Waals surface area contributed by atoms with E-state index in [9.17, 15) is 0 Å². The maximum atomic E-state index is 5.81. The Morgan fingerprint density at radius 2 is 2.25 bits per heavy atom. The van der Waals surface area contributed by atoms with E-state index in [1.807, 2.05) is 6.07 Å². The van der Waals surface area contributed by atoms with Gasteiger partial charge in [-0.15, -0.1) is 0 Å². The number of hydrogen-bond acceptors (Lipinski definition) is 3. The molecule has 1 aromatic carbocycles. The molecule has 1 saturated heterocycles. The van der Waals surface area contributed by atoms with Crippen LogP contribution in [0, 0.1) is 6.07 Å². The van der Waals surface area contributed by atoms with Gasteiger partial charge in [0, 0.05) is 25.7 Å². The van der Waals surface area contributed by atoms with E-state index in [4.69, 9.17) is 21.1 Å². The van der Waals surface area contributed by atoms with E-state index in [-0.39, 0.29) is 0 Å². The van der Waals surface area contributed by atoms with Gasteiger partial charge in [-0.3, -0.25) is 4.90 Å². The lowest BCUT2D eigenvalue weighted by molar-refractivity contribution is 0.0322. The van der Waals surface area contributed by atoms with Crippen molar-refractivity contribution in [2.24, 2.45) is 0 Å². The predicted octanol–water partition coefficient (Wildman–Crippen LogP) is 1.85. The number of benzene rings is 1. The summed E-state index contributed by atoms with van der Waals surface area (Å²) in [5, 5.41) is 0.587. The van der Waals surface area contributed by atoms with Gasteiger partial charge < -0.3 is 9.47 Å². The van der Waals surface area contributed by atoms with Crippen molar-refractivity contribution < 1.29 is 9.47 Å². The molecule has 0 N–H and O–H groups in total. The van der Waals surface area contributed by atoms with Crippen LogP contribution in [-0.4, -0.2) is 44.4 Å². The molecule has 3 nitrogen and oxygen atoms in total. The standard InChI is InChI=1S/C12H15ClNO2/c13-11-2-1-3-12(10-11)16-9-6-14-4-7-15-8-5-14/h1,3,10H,4-9H2. The number of rotatable bonds is 4. The topological polar surface area (TPSA) is 21.7 Å². The van der Waals surface area contributed by atoms with Gasteiger partial charge >= 0.3 is 0 Å². The lowest BCUT2D eigenvalue weighted by Crippen LogP contribution is -2.38. The molecule has 0 unspecified atom stereocenters. The molecule has 2 rings (SSSR count). The lowest BCUT2D eigenvalue weighted by atomic mass is 10.3. The van der Waals surface area contributed by atoms with Crippen LogP contribution >= 0.6 is 11.6 Å². The van der Waals surface area contributed by atoms with Crippen LogP contribution in [0.15, 0.2) is 18.2 Å². The van der Waals surface area contributed by atoms with E-state index in [1.54, 1.807) is 12.1 Å². The molecule has 4 heteroatoms. The zero-order chi connectivity index (χ0) is 11.2. The molecule has 1 fully saturated rings. The second-order valence-corrected chi connectivity index (χ2v) is 4.08. The van der Waals surface area contributed by atoms with Gasteiger partial charge in [-0.2, -0.15) is 0 Å². The summed E-state index contributed by atoms with van der Waals surface area (Å²) in [6, 6.07) is 8.29. The molecule has 1 aliphatic rings. The Balaban J connectivity index is 1.71. The first-order valence-electron chi connectivity index (χ1n) is 5.45. The van der Waals surface area contributed by atoms with Crippen LogP contribution in [0.3, 0.4) is 0 Å². The Hall–Kier alpha value is -0.770. The van der Waals surface area contributed by atoms with E-state index in [2.05, 4.69) is 11.0 Å². The molecule has 1 aliphatic heterocycles. The van der Waals surface area contributed by atoms with E-state index < -0.39 is 0 Å². The highest BCUT2D eigenvalue weighted by atomic mass is 35.5. The van der Waals surface area contributed by atoms with Crippen molar-refractivity contribution in [3.8, 4) is 5.75 Å². The fourth-order valence-corrected chi connectivity index (χ4v) is 1.80. The summed E-state index contributed by atoms with van der Waals surface area (Å²) >= 11 is 5.81. The fourth-order valence-electron chi connectivity index (χ4n) is 1.63. The van der Waals surface area contributed by atoms with E-state index >= 15 is 0 Å². The van der Waals surface area contributed by atoms with Crippen LogP contribution in [0.4, 0.5) is 0 Å². The Kier molecular flexibility index (Phi) is 4.45. The number of nitrogens with zero attached hydrogens (tertiary/aromatic N) is 1. The highest BCUT2D eigenvalue weighted by Crippen LogP contribution is 2.16. The maximum absolute atomic E-state index is 5.81. The summed E-state index contributed by atoms with van der Waals surface area (Å²) in [5.41, 5.74) is 0. The third-order valence-electron chi connectivity index (χ3n) is 2.52. The predicted molar refractivity (Wildman–Crippen MR) is 63.0 cm³/mol. The van der Waals surface area contributed by atoms with Crippen LogP contribution in [0.2, 0.25) is 5.02 Å². The molecule has 0 amide bonds. The molecule has 0 spiro atoms. The summed E-state index contributed by atoms with van der Waals surface area (Å²) in [5.74, 6) is 0.803. The molecule has 1 radical (unpaired) electrons. The Bertz CT molecular complexity index is 327. The second kappa shape index (κ2) is 6.09. The summed E-state index contributed by atoms with van der Waals surface area (Å²) in [6.07, 6.45) is 0. The minimum absolute atomic E-state index is 0.587. The summed E-state index contributed by atoms with van der Waals surface area (Å²) in [7, 11) is 0. The Morgan fingerprint density at radius 1 is 1.44 bits per heavy atom. The largest absolute Gasteiger partial charge is 0.492 e. The average Bonchev–Trinajstić information content (AvgIpc) is 2.30. The zero-order valence-electron chi connectivity index (χ0n) is 9.12. The molecule has 0 saturated carbocycles. The van der Waals surface area contributed by atoms with Gasteiger partial charge in [0.1, 0.15) is 12.4 Å². The normalized spacial score (nSPS) is 17.3. The molecular formula is C12H15ClNO2. The number of halogens is 1. The van der Waals surface area contributed by atoms with Crippen molar-refractivity contribution in [3.63, 3.8) is 0 Å². The van der Waals surface area contributed by atoms with Gasteiger partial charge in [0.15, 0.2) is 0 Å². The van der Waals surface area contributed by atoms with Gasteiger partial charge in [0.05, 0.1) is 18.2 Å². The van der Waals surface area contributed by atoms with Crippen molar-refractivity contribution in [3.05, 3.63) is 29.3 Å².